The molecule has 0 spiro atoms. The maximum atomic E-state index is 10.7. The molecule has 0 N–H and O–H groups in total. The van der Waals surface area contributed by atoms with Crippen LogP contribution in [0, 0.1) is 11.3 Å². The molecule has 0 unspecified atom stereocenters. The minimum absolute atomic E-state index is 0.218. The topological polar surface area (TPSA) is 90.2 Å². The molecule has 4 aromatic carbocycles. The first-order valence-corrected chi connectivity index (χ1v) is 14.8. The molecule has 0 fully saturated rings. The number of rotatable bonds is 4. The van der Waals surface area contributed by atoms with Gasteiger partial charge in [0.05, 0.1) is 26.4 Å². The highest BCUT2D eigenvalue weighted by Gasteiger charge is 2.38. The highest BCUT2D eigenvalue weighted by atomic mass is 35.5. The molecule has 1 aliphatic rings. The highest BCUT2D eigenvalue weighted by molar-refractivity contribution is 8.04. The number of ether oxygens (including phenoxy) is 1. The van der Waals surface area contributed by atoms with Crippen LogP contribution in [0.1, 0.15) is 11.1 Å². The van der Waals surface area contributed by atoms with Crippen molar-refractivity contribution >= 4 is 44.4 Å². The van der Waals surface area contributed by atoms with Gasteiger partial charge >= 0.3 is 5.51 Å². The van der Waals surface area contributed by atoms with Crippen LogP contribution in [0.25, 0.3) is 0 Å². The molecular weight excluding hydrogens is 591 g/mol. The molecule has 0 bridgehead atoms. The van der Waals surface area contributed by atoms with E-state index < -0.39 is 15.6 Å². The van der Waals surface area contributed by atoms with Crippen molar-refractivity contribution in [3.05, 3.63) is 107 Å². The fraction of sp³-hybridized carbons (Fsp3) is 0.0741. The second-order valence-corrected chi connectivity index (χ2v) is 12.7. The molecule has 5 rings (SSSR count). The van der Waals surface area contributed by atoms with Crippen molar-refractivity contribution in [2.24, 2.45) is 0 Å². The minimum Gasteiger partial charge on any atom is -0.741 e. The van der Waals surface area contributed by atoms with E-state index in [4.69, 9.17) is 34.6 Å². The van der Waals surface area contributed by atoms with E-state index in [1.807, 2.05) is 42.1 Å². The Morgan fingerprint density at radius 2 is 1.51 bits per heavy atom. The van der Waals surface area contributed by atoms with Gasteiger partial charge in [0.1, 0.15) is 23.3 Å². The van der Waals surface area contributed by atoms with Gasteiger partial charge in [-0.2, -0.15) is 18.4 Å². The van der Waals surface area contributed by atoms with Crippen molar-refractivity contribution in [1.29, 1.82) is 5.26 Å². The van der Waals surface area contributed by atoms with Gasteiger partial charge in [-0.25, -0.2) is 8.42 Å². The summed E-state index contributed by atoms with van der Waals surface area (Å²) in [6, 6.07) is 32.8. The van der Waals surface area contributed by atoms with Gasteiger partial charge < -0.3 is 9.29 Å². The van der Waals surface area contributed by atoms with Crippen LogP contribution in [0.15, 0.2) is 115 Å². The Morgan fingerprint density at radius 1 is 0.923 bits per heavy atom. The molecule has 39 heavy (non-hydrogen) atoms. The standard InChI is InChI=1S/C26H17ClNOS2.CHF3O3S/c27-21-15-20(12-13-22(21)29-17-19-7-5-6-18(14-19)16-28)31-25-10-3-1-8-23(25)30-24-9-2-4-11-26(24)31;2-1(3,4)8(5,6)7/h1-15H,17H2;(H,5,6,7)/q+1;/p-1. The van der Waals surface area contributed by atoms with E-state index in [0.29, 0.717) is 22.9 Å². The normalized spacial score (nSPS) is 12.8. The predicted molar refractivity (Wildman–Crippen MR) is 142 cm³/mol. The van der Waals surface area contributed by atoms with Crippen LogP contribution in [0.3, 0.4) is 0 Å². The number of nitrogens with zero attached hydrogens (tertiary/aromatic N) is 1. The summed E-state index contributed by atoms with van der Waals surface area (Å²) in [5, 5.41) is 9.66. The summed E-state index contributed by atoms with van der Waals surface area (Å²) < 4.78 is 64.9. The van der Waals surface area contributed by atoms with Gasteiger partial charge in [-0.05, 0) is 54.1 Å². The SMILES string of the molecule is N#Cc1cccc(COc2ccc([S+]3c4ccccc4Sc4ccccc43)cc2Cl)c1.O=S(=O)([O-])C(F)(F)F. The monoisotopic (exact) mass is 607 g/mol. The lowest BCUT2D eigenvalue weighted by atomic mass is 10.1. The van der Waals surface area contributed by atoms with Crippen molar-refractivity contribution in [2.45, 2.75) is 36.6 Å². The zero-order valence-electron chi connectivity index (χ0n) is 19.7. The van der Waals surface area contributed by atoms with Crippen LogP contribution < -0.4 is 4.74 Å². The van der Waals surface area contributed by atoms with Gasteiger partial charge in [-0.1, -0.05) is 59.8 Å². The number of alkyl halides is 3. The minimum atomic E-state index is -6.09. The Bertz CT molecular complexity index is 1610. The number of nitriles is 1. The number of fused-ring (bicyclic) bond motifs is 2. The van der Waals surface area contributed by atoms with Gasteiger partial charge in [-0.15, -0.1) is 0 Å². The summed E-state index contributed by atoms with van der Waals surface area (Å²) in [5.74, 6) is 0.643. The zero-order valence-corrected chi connectivity index (χ0v) is 22.9. The predicted octanol–water partition coefficient (Wildman–Crippen LogP) is 7.40. The molecule has 0 atom stereocenters. The van der Waals surface area contributed by atoms with E-state index in [1.54, 1.807) is 6.07 Å². The van der Waals surface area contributed by atoms with Crippen molar-refractivity contribution in [1.82, 2.24) is 0 Å². The molecule has 0 radical (unpaired) electrons. The van der Waals surface area contributed by atoms with Crippen LogP contribution >= 0.6 is 23.4 Å². The summed E-state index contributed by atoms with van der Waals surface area (Å²) in [4.78, 5) is 6.40. The molecule has 1 heterocycles. The van der Waals surface area contributed by atoms with Gasteiger partial charge in [0.15, 0.2) is 24.8 Å². The Hall–Kier alpha value is -3.14. The molecule has 12 heteroatoms. The molecule has 200 valence electrons. The average Bonchev–Trinajstić information content (AvgIpc) is 2.90. The Morgan fingerprint density at radius 3 is 2.05 bits per heavy atom. The second kappa shape index (κ2) is 11.9. The van der Waals surface area contributed by atoms with Crippen LogP contribution in [0.4, 0.5) is 13.2 Å². The maximum Gasteiger partial charge on any atom is 0.485 e. The van der Waals surface area contributed by atoms with E-state index in [9.17, 15) is 13.2 Å². The number of benzene rings is 4. The largest absolute Gasteiger partial charge is 0.741 e. The second-order valence-electron chi connectivity index (χ2n) is 7.89. The van der Waals surface area contributed by atoms with Gasteiger partial charge in [0, 0.05) is 6.07 Å². The lowest BCUT2D eigenvalue weighted by Crippen LogP contribution is -2.21. The smallest absolute Gasteiger partial charge is 0.485 e. The molecular formula is C27H17ClF3NO4S3. The lowest BCUT2D eigenvalue weighted by molar-refractivity contribution is -0.0517. The van der Waals surface area contributed by atoms with Crippen molar-refractivity contribution in [2.75, 3.05) is 0 Å². The van der Waals surface area contributed by atoms with Crippen molar-refractivity contribution < 1.29 is 30.9 Å². The summed E-state index contributed by atoms with van der Waals surface area (Å²) >= 11 is 8.47. The first-order valence-electron chi connectivity index (χ1n) is 11.0. The Labute approximate surface area is 235 Å². The van der Waals surface area contributed by atoms with Crippen LogP contribution in [0.2, 0.25) is 5.02 Å². The fourth-order valence-electron chi connectivity index (χ4n) is 3.51. The lowest BCUT2D eigenvalue weighted by Gasteiger charge is -2.19. The van der Waals surface area contributed by atoms with Crippen LogP contribution in [-0.4, -0.2) is 18.5 Å². The first kappa shape index (κ1) is 28.9. The molecule has 0 aliphatic carbocycles. The molecule has 0 saturated carbocycles. The van der Waals surface area contributed by atoms with E-state index in [1.165, 1.54) is 24.5 Å². The summed E-state index contributed by atoms with van der Waals surface area (Å²) in [5.41, 5.74) is -4.09. The van der Waals surface area contributed by atoms with Crippen molar-refractivity contribution in [3.8, 4) is 11.8 Å². The Kier molecular flexibility index (Phi) is 8.83. The fourth-order valence-corrected chi connectivity index (χ4v) is 7.58. The number of halogens is 4. The van der Waals surface area contributed by atoms with E-state index in [0.717, 1.165) is 5.56 Å². The van der Waals surface area contributed by atoms with Crippen molar-refractivity contribution in [3.63, 3.8) is 0 Å². The highest BCUT2D eigenvalue weighted by Crippen LogP contribution is 2.48. The van der Waals surface area contributed by atoms with Gasteiger partial charge in [0.2, 0.25) is 0 Å². The average molecular weight is 608 g/mol. The third kappa shape index (κ3) is 6.90. The number of hydrogen-bond acceptors (Lipinski definition) is 6. The van der Waals surface area contributed by atoms with E-state index >= 15 is 0 Å². The van der Waals surface area contributed by atoms with Gasteiger partial charge in [-0.3, -0.25) is 0 Å². The zero-order chi connectivity index (χ0) is 28.2. The van der Waals surface area contributed by atoms with Crippen LogP contribution in [0.5, 0.6) is 5.75 Å². The van der Waals surface area contributed by atoms with Gasteiger partial charge in [0.25, 0.3) is 0 Å². The molecule has 0 aromatic heterocycles. The quantitative estimate of drug-likeness (QED) is 0.120. The Balaban J connectivity index is 0.000000386. The summed E-state index contributed by atoms with van der Waals surface area (Å²) in [7, 11) is -6.31. The number of hydrogen-bond donors (Lipinski definition) is 0. The molecule has 5 nitrogen and oxygen atoms in total. The molecule has 4 aromatic rings. The summed E-state index contributed by atoms with van der Waals surface area (Å²) in [6.07, 6.45) is 0. The van der Waals surface area contributed by atoms with E-state index in [2.05, 4.69) is 60.7 Å². The molecule has 1 aliphatic heterocycles. The van der Waals surface area contributed by atoms with E-state index in [-0.39, 0.29) is 10.9 Å². The molecule has 0 saturated heterocycles. The third-order valence-electron chi connectivity index (χ3n) is 5.23. The van der Waals surface area contributed by atoms with Crippen LogP contribution in [-0.2, 0) is 27.6 Å². The molecule has 0 amide bonds. The first-order chi connectivity index (χ1) is 18.5. The third-order valence-corrected chi connectivity index (χ3v) is 9.82. The maximum absolute atomic E-state index is 10.7. The summed E-state index contributed by atoms with van der Waals surface area (Å²) in [6.45, 7) is 0.364.